The maximum Gasteiger partial charge on any atom is 0.229 e. The summed E-state index contributed by atoms with van der Waals surface area (Å²) >= 11 is 0. The number of carbonyl (C=O) groups excluding carboxylic acids is 2. The highest BCUT2D eigenvalue weighted by molar-refractivity contribution is 6.16. The number of Topliss-reactive ketones (excluding diaryl/α,β-unsaturated/α-hetero) is 1. The monoisotopic (exact) mass is 1030 g/mol. The van der Waals surface area contributed by atoms with Gasteiger partial charge in [-0.25, -0.2) is 0 Å². The number of phenolic OH excluding ortho intramolecular Hbond substituents is 4. The fraction of sp³-hybridized carbons (Fsp3) is 0.469. The average Bonchev–Trinajstić information content (AvgIpc) is 3.36. The largest absolute Gasteiger partial charge is 0.507 e. The third kappa shape index (κ3) is 10.1. The molecule has 15 N–H and O–H groups in total. The summed E-state index contributed by atoms with van der Waals surface area (Å²) in [5.74, 6) is -3.33. The average molecular weight is 1030 g/mol. The van der Waals surface area contributed by atoms with Crippen molar-refractivity contribution in [2.24, 2.45) is 0 Å². The molecule has 0 saturated carbocycles. The minimum Gasteiger partial charge on any atom is -0.507 e. The van der Waals surface area contributed by atoms with Gasteiger partial charge >= 0.3 is 0 Å². The summed E-state index contributed by atoms with van der Waals surface area (Å²) < 4.78 is 38.9. The van der Waals surface area contributed by atoms with Crippen LogP contribution in [0.1, 0.15) is 73.9 Å². The van der Waals surface area contributed by atoms with Crippen LogP contribution in [0.5, 0.6) is 40.2 Å². The number of hydrogen-bond acceptors (Lipinski definition) is 24. The van der Waals surface area contributed by atoms with Crippen LogP contribution >= 0.6 is 0 Å². The number of ketones is 2. The first kappa shape index (κ1) is 53.5. The van der Waals surface area contributed by atoms with E-state index in [1.165, 1.54) is 56.5 Å². The van der Waals surface area contributed by atoms with Gasteiger partial charge in [-0.2, -0.15) is 0 Å². The maximum atomic E-state index is 13.1. The number of benzene rings is 4. The van der Waals surface area contributed by atoms with Gasteiger partial charge in [-0.1, -0.05) is 24.3 Å². The third-order valence-corrected chi connectivity index (χ3v) is 13.5. The molecule has 0 unspecified atom stereocenters. The number of carbonyl (C=O) groups is 2. The van der Waals surface area contributed by atoms with Crippen molar-refractivity contribution in [3.63, 3.8) is 0 Å². The van der Waals surface area contributed by atoms with Gasteiger partial charge in [-0.05, 0) is 53.4 Å². The molecule has 4 aromatic rings. The van der Waals surface area contributed by atoms with Crippen molar-refractivity contribution in [2.45, 2.75) is 124 Å². The molecule has 396 valence electrons. The molecule has 0 bridgehead atoms. The number of aliphatic hydroxyl groups is 11. The van der Waals surface area contributed by atoms with Crippen LogP contribution in [-0.2, 0) is 25.6 Å². The maximum absolute atomic E-state index is 13.1. The lowest BCUT2D eigenvalue weighted by Crippen LogP contribution is -2.61. The third-order valence-electron chi connectivity index (χ3n) is 13.5. The highest BCUT2D eigenvalue weighted by atomic mass is 16.7. The first-order valence-electron chi connectivity index (χ1n) is 22.9. The molecule has 4 heterocycles. The smallest absolute Gasteiger partial charge is 0.229 e. The van der Waals surface area contributed by atoms with E-state index in [9.17, 15) is 86.2 Å². The zero-order valence-corrected chi connectivity index (χ0v) is 38.8. The predicted molar refractivity (Wildman–Crippen MR) is 242 cm³/mol. The van der Waals surface area contributed by atoms with Crippen molar-refractivity contribution in [2.75, 3.05) is 20.3 Å². The van der Waals surface area contributed by atoms with Gasteiger partial charge in [0.2, 0.25) is 12.1 Å². The zero-order valence-electron chi connectivity index (χ0n) is 38.8. The van der Waals surface area contributed by atoms with E-state index in [4.69, 9.17) is 33.2 Å². The van der Waals surface area contributed by atoms with Crippen molar-refractivity contribution < 1.29 is 119 Å². The molecule has 0 amide bonds. The van der Waals surface area contributed by atoms with E-state index < -0.39 is 147 Å². The quantitative estimate of drug-likeness (QED) is 0.0813. The normalized spacial score (nSPS) is 33.8. The molecule has 5 aliphatic rings. The van der Waals surface area contributed by atoms with Crippen LogP contribution in [0.25, 0.3) is 0 Å². The Hall–Kier alpha value is -5.78. The first-order chi connectivity index (χ1) is 34.7. The van der Waals surface area contributed by atoms with Gasteiger partial charge in [0, 0.05) is 18.1 Å². The van der Waals surface area contributed by atoms with Crippen molar-refractivity contribution in [3.8, 4) is 40.2 Å². The predicted octanol–water partition coefficient (Wildman–Crippen LogP) is -2.05. The molecule has 9 rings (SSSR count). The van der Waals surface area contributed by atoms with Crippen molar-refractivity contribution >= 4 is 11.6 Å². The number of phenols is 4. The van der Waals surface area contributed by atoms with E-state index in [1.807, 2.05) is 0 Å². The van der Waals surface area contributed by atoms with Crippen LogP contribution in [0.4, 0.5) is 0 Å². The molecular weight excluding hydrogens is 973 g/mol. The van der Waals surface area contributed by atoms with Crippen LogP contribution < -0.4 is 14.2 Å². The van der Waals surface area contributed by atoms with Crippen LogP contribution in [0.3, 0.4) is 0 Å². The Balaban J connectivity index is 0.000000207. The second-order valence-electron chi connectivity index (χ2n) is 18.2. The molecule has 0 spiro atoms. The topological polar surface area (TPSA) is 402 Å². The second-order valence-corrected chi connectivity index (χ2v) is 18.2. The Morgan fingerprint density at radius 2 is 1.27 bits per heavy atom. The molecule has 0 radical (unpaired) electrons. The number of aromatic hydroxyl groups is 4. The van der Waals surface area contributed by atoms with Gasteiger partial charge in [0.25, 0.3) is 0 Å². The molecule has 3 saturated heterocycles. The molecule has 4 aromatic carbocycles. The van der Waals surface area contributed by atoms with Crippen molar-refractivity contribution in [1.82, 2.24) is 0 Å². The fourth-order valence-electron chi connectivity index (χ4n) is 9.61. The lowest BCUT2D eigenvalue weighted by atomic mass is 9.71. The van der Waals surface area contributed by atoms with E-state index in [1.54, 1.807) is 12.1 Å². The SMILES string of the molecule is COc1ccc([C@@H]2CC(=O)c3c(O)cc(O[C@@H]4O[C@H](CO[C@@H]5O[C@@H](C)[C@H](O)[C@@H](O)[C@H]5O)[C@@H](O)[C@H](O)[C@H]4O)cc3O2)cc1O.O=C1c2c(O)cccc2[C@@H]([C@@H]2O[C@H](CO)[C@@H](O)[C@H](O)[C@H]2O)c2cc(CO)cc(O)c21. The molecule has 17 atom stereocenters. The summed E-state index contributed by atoms with van der Waals surface area (Å²) in [6.07, 6.45) is -23.1. The number of rotatable bonds is 10. The van der Waals surface area contributed by atoms with Crippen LogP contribution in [0.2, 0.25) is 0 Å². The standard InChI is InChI=1S/C28H34O15.C21H22O9/c1-10-21(32)23(34)25(36)27(40-10)39-9-19-22(33)24(35)26(37)28(43-19)41-12-6-14(30)20-15(31)8-17(42-18(20)7-12)11-3-4-16(38-2)13(29)5-11;22-6-8-4-10-14(21-20(29)19(28)17(26)13(7-23)30-21)9-2-1-3-11(24)15(9)18(27)16(10)12(25)5-8/h3-7,10,17,19,21-30,32-37H,8-9H2,1-2H3;1-5,13-14,17,19-26,28-29H,6-7H2/t10-,17-,19+,21-,22+,23+,24-,25+,26+,27+,28+;13-,14-,17-,19+,20-,21+/m01/s1. The number of hydrogen-bond donors (Lipinski definition) is 15. The highest BCUT2D eigenvalue weighted by Crippen LogP contribution is 2.48. The summed E-state index contributed by atoms with van der Waals surface area (Å²) in [7, 11) is 1.39. The number of methoxy groups -OCH3 is 1. The molecule has 3 fully saturated rings. The molecule has 0 aromatic heterocycles. The van der Waals surface area contributed by atoms with Gasteiger partial charge in [-0.15, -0.1) is 0 Å². The Kier molecular flexibility index (Phi) is 15.8. The van der Waals surface area contributed by atoms with Crippen LogP contribution in [-0.4, -0.2) is 200 Å². The number of ether oxygens (including phenoxy) is 7. The Morgan fingerprint density at radius 1 is 0.616 bits per heavy atom. The Labute approximate surface area is 414 Å². The van der Waals surface area contributed by atoms with E-state index >= 15 is 0 Å². The van der Waals surface area contributed by atoms with E-state index in [0.29, 0.717) is 11.1 Å². The van der Waals surface area contributed by atoms with Crippen LogP contribution in [0, 0.1) is 0 Å². The minimum atomic E-state index is -1.77. The van der Waals surface area contributed by atoms with Crippen LogP contribution in [0.15, 0.2) is 60.7 Å². The molecule has 73 heavy (non-hydrogen) atoms. The lowest BCUT2D eigenvalue weighted by Gasteiger charge is -2.45. The van der Waals surface area contributed by atoms with Gasteiger partial charge in [-0.3, -0.25) is 9.59 Å². The Morgan fingerprint density at radius 3 is 1.96 bits per heavy atom. The molecule has 24 heteroatoms. The minimum absolute atomic E-state index is 0.0457. The first-order valence-corrected chi connectivity index (χ1v) is 22.9. The van der Waals surface area contributed by atoms with Crippen molar-refractivity contribution in [3.05, 3.63) is 99.6 Å². The van der Waals surface area contributed by atoms with Gasteiger partial charge < -0.3 is 110 Å². The molecule has 24 nitrogen and oxygen atoms in total. The number of aliphatic hydroxyl groups excluding tert-OH is 11. The van der Waals surface area contributed by atoms with E-state index in [2.05, 4.69) is 0 Å². The summed E-state index contributed by atoms with van der Waals surface area (Å²) in [5, 5.41) is 153. The molecule has 4 aliphatic heterocycles. The van der Waals surface area contributed by atoms with E-state index in [-0.39, 0.29) is 63.0 Å². The van der Waals surface area contributed by atoms with Gasteiger partial charge in [0.1, 0.15) is 108 Å². The van der Waals surface area contributed by atoms with E-state index in [0.717, 1.165) is 6.07 Å². The highest BCUT2D eigenvalue weighted by Gasteiger charge is 2.51. The van der Waals surface area contributed by atoms with Gasteiger partial charge in [0.15, 0.2) is 23.6 Å². The molecule has 1 aliphatic carbocycles. The molecular formula is C49H56O24. The summed E-state index contributed by atoms with van der Waals surface area (Å²) in [6.45, 7) is -0.0932. The zero-order chi connectivity index (χ0) is 52.9. The van der Waals surface area contributed by atoms with Crippen molar-refractivity contribution in [1.29, 1.82) is 0 Å². The lowest BCUT2D eigenvalue weighted by molar-refractivity contribution is -0.318. The Bertz CT molecular complexity index is 2660. The fourth-order valence-corrected chi connectivity index (χ4v) is 9.61. The number of fused-ring (bicyclic) bond motifs is 3. The van der Waals surface area contributed by atoms with Gasteiger partial charge in [0.05, 0.1) is 56.7 Å². The second kappa shape index (κ2) is 21.6. The summed E-state index contributed by atoms with van der Waals surface area (Å²) in [6, 6.07) is 14.0. The summed E-state index contributed by atoms with van der Waals surface area (Å²) in [4.78, 5) is 26.0. The summed E-state index contributed by atoms with van der Waals surface area (Å²) in [5.41, 5.74) is 0.982.